The second kappa shape index (κ2) is 8.30. The van der Waals surface area contributed by atoms with Gasteiger partial charge in [0.2, 0.25) is 5.82 Å². The highest BCUT2D eigenvalue weighted by Gasteiger charge is 2.44. The number of primary amides is 1. The summed E-state index contributed by atoms with van der Waals surface area (Å²) in [5, 5.41) is 24.0. The molecule has 0 unspecified atom stereocenters. The molecule has 148 valence electrons. The van der Waals surface area contributed by atoms with Crippen molar-refractivity contribution in [1.29, 1.82) is 0 Å². The lowest BCUT2D eigenvalue weighted by Gasteiger charge is -2.13. The summed E-state index contributed by atoms with van der Waals surface area (Å²) in [6, 6.07) is 7.57. The molecule has 10 nitrogen and oxygen atoms in total. The van der Waals surface area contributed by atoms with Crippen molar-refractivity contribution in [2.45, 2.75) is 31.5 Å². The van der Waals surface area contributed by atoms with E-state index >= 15 is 0 Å². The van der Waals surface area contributed by atoms with Crippen molar-refractivity contribution in [1.82, 2.24) is 14.8 Å². The van der Waals surface area contributed by atoms with Gasteiger partial charge in [-0.25, -0.2) is 14.5 Å². The summed E-state index contributed by atoms with van der Waals surface area (Å²) >= 11 is 0. The predicted octanol–water partition coefficient (Wildman–Crippen LogP) is -0.439. The number of nitrogens with zero attached hydrogens (tertiary/aromatic N) is 3. The van der Waals surface area contributed by atoms with Gasteiger partial charge in [-0.2, -0.15) is 0 Å². The first-order chi connectivity index (χ1) is 13.3. The summed E-state index contributed by atoms with van der Waals surface area (Å²) in [5.41, 5.74) is 7.03. The number of carbonyl (C=O) groups excluding carboxylic acids is 2. The first-order valence-corrected chi connectivity index (χ1v) is 8.49. The standard InChI is InChI=1S/C18H20N4O6/c1-10-2-4-11(5-3-10)6-7-13(23)27-8-12-14(24)15(25)18(28-12)22-9-20-17(21-22)16(19)26/h2-7,9,12,14-15,18,24-25H,8H2,1H3,(H2,19,26)/b7-6+/t12-,14-,15-,18-/m1/s1. The molecule has 0 spiro atoms. The number of ether oxygens (including phenoxy) is 2. The lowest BCUT2D eigenvalue weighted by Crippen LogP contribution is -2.34. The lowest BCUT2D eigenvalue weighted by atomic mass is 10.1. The van der Waals surface area contributed by atoms with E-state index in [0.29, 0.717) is 0 Å². The van der Waals surface area contributed by atoms with Gasteiger partial charge in [-0.15, -0.1) is 5.10 Å². The minimum Gasteiger partial charge on any atom is -0.460 e. The molecule has 1 aromatic heterocycles. The molecule has 10 heteroatoms. The van der Waals surface area contributed by atoms with Crippen LogP contribution >= 0.6 is 0 Å². The largest absolute Gasteiger partial charge is 0.460 e. The summed E-state index contributed by atoms with van der Waals surface area (Å²) in [5.74, 6) is -1.70. The average Bonchev–Trinajstić information content (AvgIpc) is 3.26. The molecule has 28 heavy (non-hydrogen) atoms. The van der Waals surface area contributed by atoms with Crippen molar-refractivity contribution in [2.24, 2.45) is 5.73 Å². The van der Waals surface area contributed by atoms with Gasteiger partial charge in [-0.05, 0) is 18.6 Å². The number of benzene rings is 1. The SMILES string of the molecule is Cc1ccc(/C=C/C(=O)OC[C@H]2O[C@@H](n3cnc(C(N)=O)n3)[C@H](O)[C@@H]2O)cc1. The van der Waals surface area contributed by atoms with Crippen LogP contribution in [0.3, 0.4) is 0 Å². The minimum atomic E-state index is -1.35. The number of carbonyl (C=O) groups is 2. The van der Waals surface area contributed by atoms with E-state index in [0.717, 1.165) is 22.1 Å². The fourth-order valence-corrected chi connectivity index (χ4v) is 2.65. The molecule has 1 amide bonds. The second-order valence-corrected chi connectivity index (χ2v) is 6.33. The zero-order valence-corrected chi connectivity index (χ0v) is 15.0. The zero-order chi connectivity index (χ0) is 20.3. The highest BCUT2D eigenvalue weighted by molar-refractivity contribution is 5.88. The molecule has 0 bridgehead atoms. The first kappa shape index (κ1) is 19.7. The number of aliphatic hydroxyl groups is 2. The van der Waals surface area contributed by atoms with Crippen LogP contribution in [-0.2, 0) is 14.3 Å². The molecule has 3 rings (SSSR count). The van der Waals surface area contributed by atoms with E-state index in [1.54, 1.807) is 6.08 Å². The number of rotatable bonds is 6. The van der Waals surface area contributed by atoms with Gasteiger partial charge in [-0.3, -0.25) is 4.79 Å². The maximum absolute atomic E-state index is 11.9. The Balaban J connectivity index is 1.56. The lowest BCUT2D eigenvalue weighted by molar-refractivity contribution is -0.144. The number of esters is 1. The minimum absolute atomic E-state index is 0.249. The molecule has 1 saturated heterocycles. The van der Waals surface area contributed by atoms with Crippen LogP contribution in [0, 0.1) is 6.92 Å². The van der Waals surface area contributed by atoms with Crippen LogP contribution in [0.2, 0.25) is 0 Å². The molecule has 1 aliphatic rings. The Morgan fingerprint density at radius 2 is 2.00 bits per heavy atom. The summed E-state index contributed by atoms with van der Waals surface area (Å²) in [6.45, 7) is 1.69. The molecule has 4 N–H and O–H groups in total. The van der Waals surface area contributed by atoms with Crippen molar-refractivity contribution in [3.63, 3.8) is 0 Å². The van der Waals surface area contributed by atoms with Crippen molar-refractivity contribution in [3.8, 4) is 0 Å². The third-order valence-electron chi connectivity index (χ3n) is 4.21. The van der Waals surface area contributed by atoms with E-state index < -0.39 is 36.4 Å². The number of aryl methyl sites for hydroxylation is 1. The zero-order valence-electron chi connectivity index (χ0n) is 15.0. The van der Waals surface area contributed by atoms with E-state index in [1.165, 1.54) is 6.08 Å². The Labute approximate surface area is 160 Å². The normalized spacial score (nSPS) is 24.5. The third-order valence-corrected chi connectivity index (χ3v) is 4.21. The van der Waals surface area contributed by atoms with Crippen LogP contribution in [0.4, 0.5) is 0 Å². The van der Waals surface area contributed by atoms with Crippen LogP contribution in [0.15, 0.2) is 36.7 Å². The Morgan fingerprint density at radius 3 is 2.64 bits per heavy atom. The molecule has 0 saturated carbocycles. The van der Waals surface area contributed by atoms with Gasteiger partial charge in [0.25, 0.3) is 5.91 Å². The predicted molar refractivity (Wildman–Crippen MR) is 95.6 cm³/mol. The van der Waals surface area contributed by atoms with Crippen LogP contribution in [0.1, 0.15) is 28.0 Å². The number of aliphatic hydroxyl groups excluding tert-OH is 2. The maximum atomic E-state index is 11.9. The molecule has 1 aromatic carbocycles. The van der Waals surface area contributed by atoms with Crippen molar-refractivity contribution >= 4 is 18.0 Å². The highest BCUT2D eigenvalue weighted by atomic mass is 16.6. The molecule has 0 aliphatic carbocycles. The third kappa shape index (κ3) is 4.42. The summed E-state index contributed by atoms with van der Waals surface area (Å²) < 4.78 is 11.7. The number of amides is 1. The first-order valence-electron chi connectivity index (χ1n) is 8.49. The van der Waals surface area contributed by atoms with Gasteiger partial charge in [0.05, 0.1) is 0 Å². The van der Waals surface area contributed by atoms with E-state index in [-0.39, 0.29) is 12.4 Å². The van der Waals surface area contributed by atoms with Gasteiger partial charge in [-0.1, -0.05) is 29.8 Å². The molecule has 4 atom stereocenters. The Hall–Kier alpha value is -3.08. The van der Waals surface area contributed by atoms with Crippen LogP contribution in [-0.4, -0.2) is 61.8 Å². The average molecular weight is 388 g/mol. The Morgan fingerprint density at radius 1 is 1.29 bits per heavy atom. The Kier molecular flexibility index (Phi) is 5.83. The quantitative estimate of drug-likeness (QED) is 0.445. The number of hydrogen-bond donors (Lipinski definition) is 3. The van der Waals surface area contributed by atoms with Gasteiger partial charge in [0, 0.05) is 6.08 Å². The highest BCUT2D eigenvalue weighted by Crippen LogP contribution is 2.29. The topological polar surface area (TPSA) is 150 Å². The summed E-state index contributed by atoms with van der Waals surface area (Å²) in [6.07, 6.45) is -0.725. The second-order valence-electron chi connectivity index (χ2n) is 6.33. The smallest absolute Gasteiger partial charge is 0.330 e. The molecule has 1 fully saturated rings. The molecule has 1 aliphatic heterocycles. The number of aromatic nitrogens is 3. The van der Waals surface area contributed by atoms with Gasteiger partial charge >= 0.3 is 5.97 Å². The molecule has 0 radical (unpaired) electrons. The monoisotopic (exact) mass is 388 g/mol. The van der Waals surface area contributed by atoms with Crippen molar-refractivity contribution in [2.75, 3.05) is 6.61 Å². The van der Waals surface area contributed by atoms with Crippen LogP contribution < -0.4 is 5.73 Å². The fourth-order valence-electron chi connectivity index (χ4n) is 2.65. The molecule has 2 heterocycles. The number of nitrogens with two attached hydrogens (primary N) is 1. The summed E-state index contributed by atoms with van der Waals surface area (Å²) in [7, 11) is 0. The molecular formula is C18H20N4O6. The van der Waals surface area contributed by atoms with Gasteiger partial charge in [0.15, 0.2) is 6.23 Å². The molecular weight excluding hydrogens is 368 g/mol. The van der Waals surface area contributed by atoms with E-state index in [9.17, 15) is 19.8 Å². The van der Waals surface area contributed by atoms with Crippen molar-refractivity contribution < 1.29 is 29.3 Å². The van der Waals surface area contributed by atoms with Crippen molar-refractivity contribution in [3.05, 3.63) is 53.6 Å². The fraction of sp³-hybridized carbons (Fsp3) is 0.333. The van der Waals surface area contributed by atoms with E-state index in [2.05, 4.69) is 10.1 Å². The Bertz CT molecular complexity index is 878. The number of hydrogen-bond acceptors (Lipinski definition) is 8. The maximum Gasteiger partial charge on any atom is 0.330 e. The van der Waals surface area contributed by atoms with E-state index in [4.69, 9.17) is 15.2 Å². The van der Waals surface area contributed by atoms with Crippen LogP contribution in [0.5, 0.6) is 0 Å². The van der Waals surface area contributed by atoms with Crippen LogP contribution in [0.25, 0.3) is 6.08 Å². The molecule has 2 aromatic rings. The van der Waals surface area contributed by atoms with Gasteiger partial charge in [0.1, 0.15) is 31.2 Å². The van der Waals surface area contributed by atoms with E-state index in [1.807, 2.05) is 31.2 Å². The summed E-state index contributed by atoms with van der Waals surface area (Å²) in [4.78, 5) is 26.6. The van der Waals surface area contributed by atoms with Gasteiger partial charge < -0.3 is 25.4 Å².